The topological polar surface area (TPSA) is 47.5 Å². The molecule has 12 aromatic rings. The van der Waals surface area contributed by atoms with E-state index in [2.05, 4.69) is 142 Å². The van der Waals surface area contributed by atoms with Gasteiger partial charge in [-0.25, -0.2) is 4.98 Å². The summed E-state index contributed by atoms with van der Waals surface area (Å²) >= 11 is 0. The van der Waals surface area contributed by atoms with Crippen LogP contribution in [0.1, 0.15) is 0 Å². The Labute approximate surface area is 284 Å². The minimum atomic E-state index is 0.840. The maximum atomic E-state index is 5.65. The van der Waals surface area contributed by atoms with Crippen molar-refractivity contribution in [3.63, 3.8) is 0 Å². The van der Waals surface area contributed by atoms with Crippen LogP contribution in [0, 0.1) is 0 Å². The molecular weight excluding hydrogens is 611 g/mol. The molecule has 0 bridgehead atoms. The van der Waals surface area contributed by atoms with Crippen molar-refractivity contribution in [1.82, 2.24) is 23.8 Å². The van der Waals surface area contributed by atoms with Gasteiger partial charge in [0.15, 0.2) is 5.65 Å². The lowest BCUT2D eigenvalue weighted by atomic mass is 9.98. The molecule has 0 unspecified atom stereocenters. The number of pyridine rings is 3. The van der Waals surface area contributed by atoms with E-state index in [1.807, 2.05) is 18.5 Å². The van der Waals surface area contributed by atoms with Gasteiger partial charge in [-0.15, -0.1) is 0 Å². The largest absolute Gasteiger partial charge is 0.306 e. The molecule has 0 saturated carbocycles. The minimum Gasteiger partial charge on any atom is -0.306 e. The van der Waals surface area contributed by atoms with Crippen LogP contribution in [0.3, 0.4) is 0 Å². The van der Waals surface area contributed by atoms with Crippen molar-refractivity contribution in [3.8, 4) is 11.3 Å². The van der Waals surface area contributed by atoms with Gasteiger partial charge < -0.3 is 4.40 Å². The highest BCUT2D eigenvalue weighted by molar-refractivity contribution is 6.28. The first-order chi connectivity index (χ1) is 24.8. The van der Waals surface area contributed by atoms with Crippen LogP contribution in [0.15, 0.2) is 152 Å². The van der Waals surface area contributed by atoms with Crippen molar-refractivity contribution >= 4 is 98.1 Å². The fourth-order valence-corrected chi connectivity index (χ4v) is 8.65. The molecule has 0 aliphatic heterocycles. The Morgan fingerprint density at radius 1 is 0.420 bits per heavy atom. The van der Waals surface area contributed by atoms with Crippen LogP contribution < -0.4 is 0 Å². The molecule has 12 rings (SSSR count). The number of aromatic nitrogens is 5. The van der Waals surface area contributed by atoms with E-state index in [4.69, 9.17) is 15.0 Å². The molecule has 0 spiro atoms. The Balaban J connectivity index is 1.32. The van der Waals surface area contributed by atoms with Crippen LogP contribution in [0.25, 0.3) is 109 Å². The zero-order chi connectivity index (χ0) is 32.5. The molecule has 0 aliphatic rings. The fraction of sp³-hybridized carbons (Fsp3) is 0. The molecule has 6 aromatic heterocycles. The average molecular weight is 636 g/mol. The Hall–Kier alpha value is -6.85. The molecule has 0 aliphatic carbocycles. The van der Waals surface area contributed by atoms with Crippen molar-refractivity contribution in [3.05, 3.63) is 152 Å². The summed E-state index contributed by atoms with van der Waals surface area (Å²) in [7, 11) is 0. The van der Waals surface area contributed by atoms with E-state index in [9.17, 15) is 0 Å². The number of hydrogen-bond donors (Lipinski definition) is 0. The molecule has 0 atom stereocenters. The lowest BCUT2D eigenvalue weighted by Gasteiger charge is -2.14. The Morgan fingerprint density at radius 3 is 1.86 bits per heavy atom. The second kappa shape index (κ2) is 9.40. The normalized spacial score (nSPS) is 12.4. The predicted octanol–water partition coefficient (Wildman–Crippen LogP) is 11.3. The highest BCUT2D eigenvalue weighted by atomic mass is 15.0. The summed E-state index contributed by atoms with van der Waals surface area (Å²) in [5, 5.41) is 11.7. The van der Waals surface area contributed by atoms with E-state index in [0.29, 0.717) is 0 Å². The summed E-state index contributed by atoms with van der Waals surface area (Å²) in [4.78, 5) is 16.0. The van der Waals surface area contributed by atoms with Crippen molar-refractivity contribution in [2.45, 2.75) is 0 Å². The molecular formula is C45H25N5. The minimum absolute atomic E-state index is 0.840. The predicted molar refractivity (Wildman–Crippen MR) is 207 cm³/mol. The van der Waals surface area contributed by atoms with Crippen molar-refractivity contribution in [1.29, 1.82) is 0 Å². The molecule has 0 saturated heterocycles. The van der Waals surface area contributed by atoms with Crippen LogP contribution in [0.5, 0.6) is 0 Å². The molecule has 6 aromatic carbocycles. The first-order valence-corrected chi connectivity index (χ1v) is 17.0. The Kier molecular flexibility index (Phi) is 4.91. The van der Waals surface area contributed by atoms with Gasteiger partial charge in [-0.2, -0.15) is 0 Å². The van der Waals surface area contributed by atoms with Gasteiger partial charge in [0.1, 0.15) is 5.52 Å². The number of nitrogens with zero attached hydrogens (tertiary/aromatic N) is 5. The summed E-state index contributed by atoms with van der Waals surface area (Å²) in [6.07, 6.45) is 3.89. The Bertz CT molecular complexity index is 3440. The van der Waals surface area contributed by atoms with Gasteiger partial charge in [0.25, 0.3) is 0 Å². The van der Waals surface area contributed by atoms with Gasteiger partial charge in [-0.1, -0.05) is 109 Å². The molecule has 0 amide bonds. The van der Waals surface area contributed by atoms with Gasteiger partial charge in [0, 0.05) is 44.1 Å². The number of hydrogen-bond acceptors (Lipinski definition) is 3. The van der Waals surface area contributed by atoms with E-state index >= 15 is 0 Å². The van der Waals surface area contributed by atoms with Gasteiger partial charge in [0.05, 0.1) is 45.0 Å². The van der Waals surface area contributed by atoms with Crippen molar-refractivity contribution in [2.24, 2.45) is 0 Å². The quantitative estimate of drug-likeness (QED) is 0.169. The van der Waals surface area contributed by atoms with Gasteiger partial charge in [-0.05, 0) is 51.9 Å². The highest BCUT2D eigenvalue weighted by Gasteiger charge is 2.23. The van der Waals surface area contributed by atoms with E-state index < -0.39 is 0 Å². The van der Waals surface area contributed by atoms with E-state index in [1.54, 1.807) is 0 Å². The second-order valence-electron chi connectivity index (χ2n) is 13.2. The molecule has 0 N–H and O–H groups in total. The SMILES string of the molecule is c1ccc2c(c1)ccc1c2c2ncccc2n2c3ccccc3c(-c3cnc4c5c6ccccc6ccc5c5cc6ccccc6n5c4n3)c12. The molecule has 50 heavy (non-hydrogen) atoms. The first-order valence-electron chi connectivity index (χ1n) is 17.0. The number of para-hydroxylation sites is 2. The number of fused-ring (bicyclic) bond motifs is 20. The maximum Gasteiger partial charge on any atom is 0.165 e. The average Bonchev–Trinajstić information content (AvgIpc) is 3.75. The Morgan fingerprint density at radius 2 is 1.06 bits per heavy atom. The fourth-order valence-electron chi connectivity index (χ4n) is 8.65. The molecule has 230 valence electrons. The van der Waals surface area contributed by atoms with E-state index in [0.717, 1.165) is 77.1 Å². The summed E-state index contributed by atoms with van der Waals surface area (Å²) in [6.45, 7) is 0. The maximum absolute atomic E-state index is 5.65. The van der Waals surface area contributed by atoms with E-state index in [-0.39, 0.29) is 0 Å². The third-order valence-electron chi connectivity index (χ3n) is 10.7. The highest BCUT2D eigenvalue weighted by Crippen LogP contribution is 2.44. The summed E-state index contributed by atoms with van der Waals surface area (Å²) < 4.78 is 4.69. The number of benzene rings is 6. The first kappa shape index (κ1) is 26.1. The lowest BCUT2D eigenvalue weighted by Crippen LogP contribution is -1.99. The molecule has 6 heterocycles. The standard InChI is InChI=1S/C45H25N5/c1-4-13-29-26(10-1)19-21-32-38-24-28-12-3-7-16-35(28)50(38)45-43(39(29)32)47-25-34(48-45)41-31-15-6-8-17-36(31)49-37-18-9-23-46-42(37)40-30-14-5-2-11-27(30)20-22-33(40)44(41)49/h1-25H. The smallest absolute Gasteiger partial charge is 0.165 e. The number of rotatable bonds is 1. The van der Waals surface area contributed by atoms with Gasteiger partial charge in [-0.3, -0.25) is 14.4 Å². The monoisotopic (exact) mass is 635 g/mol. The van der Waals surface area contributed by atoms with Crippen LogP contribution in [0.4, 0.5) is 0 Å². The van der Waals surface area contributed by atoms with Crippen LogP contribution >= 0.6 is 0 Å². The molecule has 5 nitrogen and oxygen atoms in total. The summed E-state index contributed by atoms with van der Waals surface area (Å²) in [5.74, 6) is 0. The zero-order valence-electron chi connectivity index (χ0n) is 26.7. The molecule has 5 heteroatoms. The summed E-state index contributed by atoms with van der Waals surface area (Å²) in [6, 6.07) is 49.9. The molecule has 0 radical (unpaired) electrons. The third kappa shape index (κ3) is 3.24. The lowest BCUT2D eigenvalue weighted by molar-refractivity contribution is 1.21. The zero-order valence-corrected chi connectivity index (χ0v) is 26.7. The van der Waals surface area contributed by atoms with Crippen molar-refractivity contribution < 1.29 is 0 Å². The van der Waals surface area contributed by atoms with Crippen LogP contribution in [-0.2, 0) is 0 Å². The van der Waals surface area contributed by atoms with Crippen LogP contribution in [-0.4, -0.2) is 23.8 Å². The molecule has 0 fully saturated rings. The second-order valence-corrected chi connectivity index (χ2v) is 13.2. The third-order valence-corrected chi connectivity index (χ3v) is 10.7. The summed E-state index contributed by atoms with van der Waals surface area (Å²) in [5.41, 5.74) is 10.2. The van der Waals surface area contributed by atoms with Gasteiger partial charge in [0.2, 0.25) is 0 Å². The van der Waals surface area contributed by atoms with Gasteiger partial charge >= 0.3 is 0 Å². The van der Waals surface area contributed by atoms with Crippen molar-refractivity contribution in [2.75, 3.05) is 0 Å². The van der Waals surface area contributed by atoms with E-state index in [1.165, 1.54) is 32.3 Å². The van der Waals surface area contributed by atoms with Crippen LogP contribution in [0.2, 0.25) is 0 Å².